The van der Waals surface area contributed by atoms with E-state index in [0.29, 0.717) is 29.3 Å². The van der Waals surface area contributed by atoms with E-state index in [1.165, 1.54) is 20.3 Å². The molecule has 1 aliphatic rings. The van der Waals surface area contributed by atoms with Gasteiger partial charge in [0.25, 0.3) is 5.91 Å². The number of primary amides is 1. The van der Waals surface area contributed by atoms with Crippen LogP contribution >= 0.6 is 11.6 Å². The van der Waals surface area contributed by atoms with E-state index in [9.17, 15) is 9.59 Å². The Morgan fingerprint density at radius 3 is 2.69 bits per heavy atom. The van der Waals surface area contributed by atoms with Crippen molar-refractivity contribution >= 4 is 34.9 Å². The average Bonchev–Trinajstić information content (AvgIpc) is 2.73. The lowest BCUT2D eigenvalue weighted by molar-refractivity contribution is -0.122. The molecule has 1 aromatic heterocycles. The summed E-state index contributed by atoms with van der Waals surface area (Å²) in [5, 5.41) is 3.06. The van der Waals surface area contributed by atoms with Crippen molar-refractivity contribution in [3.8, 4) is 11.5 Å². The topological polar surface area (TPSA) is 107 Å². The smallest absolute Gasteiger partial charge is 0.255 e. The molecule has 0 saturated carbocycles. The number of carbonyl (C=O) groups is 2. The van der Waals surface area contributed by atoms with Crippen LogP contribution in [0.2, 0.25) is 5.02 Å². The molecule has 154 valence electrons. The summed E-state index contributed by atoms with van der Waals surface area (Å²) in [6.45, 7) is 1.37. The highest BCUT2D eigenvalue weighted by atomic mass is 35.5. The predicted octanol–water partition coefficient (Wildman–Crippen LogP) is 2.71. The highest BCUT2D eigenvalue weighted by molar-refractivity contribution is 6.32. The standard InChI is InChI=1S/C20H23ClN4O4/c1-28-16-9-13(8-15(21)18(16)29-2)20(27)24-14-5-6-17(23-10-14)25-7-3-4-12(11-25)19(22)26/h5-6,8-10,12H,3-4,7,11H2,1-2H3,(H2,22,26)(H,24,27). The number of rotatable bonds is 6. The third-order valence-corrected chi connectivity index (χ3v) is 5.13. The molecule has 0 radical (unpaired) electrons. The minimum Gasteiger partial charge on any atom is -0.493 e. The number of halogens is 1. The zero-order chi connectivity index (χ0) is 21.0. The summed E-state index contributed by atoms with van der Waals surface area (Å²) in [5.41, 5.74) is 6.30. The molecule has 3 rings (SSSR count). The summed E-state index contributed by atoms with van der Waals surface area (Å²) in [5.74, 6) is 0.671. The van der Waals surface area contributed by atoms with Gasteiger partial charge in [-0.1, -0.05) is 11.6 Å². The third kappa shape index (κ3) is 4.71. The van der Waals surface area contributed by atoms with Crippen molar-refractivity contribution in [2.75, 3.05) is 37.5 Å². The largest absolute Gasteiger partial charge is 0.493 e. The number of hydrogen-bond donors (Lipinski definition) is 2. The van der Waals surface area contributed by atoms with Crippen molar-refractivity contribution in [2.45, 2.75) is 12.8 Å². The van der Waals surface area contributed by atoms with Crippen molar-refractivity contribution in [3.63, 3.8) is 0 Å². The SMILES string of the molecule is COc1cc(C(=O)Nc2ccc(N3CCCC(C(N)=O)C3)nc2)cc(Cl)c1OC. The summed E-state index contributed by atoms with van der Waals surface area (Å²) in [4.78, 5) is 30.5. The molecule has 29 heavy (non-hydrogen) atoms. The number of pyridine rings is 1. The molecular formula is C20H23ClN4O4. The van der Waals surface area contributed by atoms with Gasteiger partial charge in [0.15, 0.2) is 11.5 Å². The highest BCUT2D eigenvalue weighted by Crippen LogP contribution is 2.36. The number of piperidine rings is 1. The van der Waals surface area contributed by atoms with E-state index in [-0.39, 0.29) is 22.8 Å². The third-order valence-electron chi connectivity index (χ3n) is 4.85. The average molecular weight is 419 g/mol. The van der Waals surface area contributed by atoms with Gasteiger partial charge in [0.05, 0.1) is 37.0 Å². The maximum absolute atomic E-state index is 12.6. The lowest BCUT2D eigenvalue weighted by Gasteiger charge is -2.32. The number of benzene rings is 1. The first kappa shape index (κ1) is 20.7. The first-order chi connectivity index (χ1) is 13.9. The Morgan fingerprint density at radius 2 is 2.07 bits per heavy atom. The van der Waals surface area contributed by atoms with E-state index >= 15 is 0 Å². The van der Waals surface area contributed by atoms with Crippen LogP contribution in [0.3, 0.4) is 0 Å². The van der Waals surface area contributed by atoms with Gasteiger partial charge in [-0.15, -0.1) is 0 Å². The summed E-state index contributed by atoms with van der Waals surface area (Å²) in [6, 6.07) is 6.63. The second kappa shape index (κ2) is 9.00. The predicted molar refractivity (Wildman–Crippen MR) is 111 cm³/mol. The number of nitrogens with one attached hydrogen (secondary N) is 1. The number of aromatic nitrogens is 1. The van der Waals surface area contributed by atoms with Gasteiger partial charge < -0.3 is 25.4 Å². The van der Waals surface area contributed by atoms with E-state index in [4.69, 9.17) is 26.8 Å². The Hall–Kier alpha value is -3.00. The van der Waals surface area contributed by atoms with Gasteiger partial charge in [-0.3, -0.25) is 9.59 Å². The number of carbonyl (C=O) groups excluding carboxylic acids is 2. The minimum atomic E-state index is -0.353. The number of anilines is 2. The van der Waals surface area contributed by atoms with E-state index in [1.807, 2.05) is 4.90 Å². The van der Waals surface area contributed by atoms with Crippen molar-refractivity contribution in [2.24, 2.45) is 11.7 Å². The summed E-state index contributed by atoms with van der Waals surface area (Å²) in [7, 11) is 2.95. The van der Waals surface area contributed by atoms with Crippen LogP contribution in [-0.4, -0.2) is 44.1 Å². The molecule has 1 aliphatic heterocycles. The number of ether oxygens (including phenoxy) is 2. The van der Waals surface area contributed by atoms with Crippen LogP contribution in [0.4, 0.5) is 11.5 Å². The molecule has 0 bridgehead atoms. The maximum atomic E-state index is 12.6. The monoisotopic (exact) mass is 418 g/mol. The van der Waals surface area contributed by atoms with Crippen molar-refractivity contribution in [3.05, 3.63) is 41.0 Å². The Balaban J connectivity index is 1.70. The first-order valence-electron chi connectivity index (χ1n) is 9.16. The molecule has 3 N–H and O–H groups in total. The van der Waals surface area contributed by atoms with Crippen LogP contribution in [0.25, 0.3) is 0 Å². The minimum absolute atomic E-state index is 0.167. The second-order valence-corrected chi connectivity index (χ2v) is 7.15. The van der Waals surface area contributed by atoms with Crippen LogP contribution in [0, 0.1) is 5.92 Å². The summed E-state index contributed by atoms with van der Waals surface area (Å²) in [6.07, 6.45) is 3.26. The summed E-state index contributed by atoms with van der Waals surface area (Å²) >= 11 is 6.17. The van der Waals surface area contributed by atoms with E-state index in [1.54, 1.807) is 24.4 Å². The van der Waals surface area contributed by atoms with Crippen molar-refractivity contribution < 1.29 is 19.1 Å². The quantitative estimate of drug-likeness (QED) is 0.746. The molecule has 8 nitrogen and oxygen atoms in total. The fourth-order valence-corrected chi connectivity index (χ4v) is 3.60. The maximum Gasteiger partial charge on any atom is 0.255 e. The Bertz CT molecular complexity index is 904. The van der Waals surface area contributed by atoms with Gasteiger partial charge in [-0.05, 0) is 37.1 Å². The zero-order valence-electron chi connectivity index (χ0n) is 16.3. The van der Waals surface area contributed by atoms with E-state index in [0.717, 1.165) is 25.2 Å². The van der Waals surface area contributed by atoms with Gasteiger partial charge in [-0.25, -0.2) is 4.98 Å². The number of amides is 2. The van der Waals surface area contributed by atoms with Crippen LogP contribution in [0.5, 0.6) is 11.5 Å². The van der Waals surface area contributed by atoms with Crippen LogP contribution in [-0.2, 0) is 4.79 Å². The lowest BCUT2D eigenvalue weighted by Crippen LogP contribution is -2.41. The van der Waals surface area contributed by atoms with Crippen molar-refractivity contribution in [1.29, 1.82) is 0 Å². The molecule has 1 atom stereocenters. The van der Waals surface area contributed by atoms with Crippen LogP contribution < -0.4 is 25.4 Å². The Labute approximate surface area is 173 Å². The first-order valence-corrected chi connectivity index (χ1v) is 9.54. The molecule has 2 aromatic rings. The normalized spacial score (nSPS) is 16.2. The molecule has 0 aliphatic carbocycles. The van der Waals surface area contributed by atoms with Gasteiger partial charge in [-0.2, -0.15) is 0 Å². The van der Waals surface area contributed by atoms with Gasteiger partial charge in [0, 0.05) is 18.7 Å². The van der Waals surface area contributed by atoms with Gasteiger partial charge in [0.1, 0.15) is 5.82 Å². The van der Waals surface area contributed by atoms with Crippen LogP contribution in [0.15, 0.2) is 30.5 Å². The molecule has 2 amide bonds. The summed E-state index contributed by atoms with van der Waals surface area (Å²) < 4.78 is 10.4. The van der Waals surface area contributed by atoms with Gasteiger partial charge in [0.2, 0.25) is 5.91 Å². The van der Waals surface area contributed by atoms with Crippen LogP contribution in [0.1, 0.15) is 23.2 Å². The second-order valence-electron chi connectivity index (χ2n) is 6.74. The fourth-order valence-electron chi connectivity index (χ4n) is 3.32. The molecule has 2 heterocycles. The number of nitrogens with zero attached hydrogens (tertiary/aromatic N) is 2. The molecule has 9 heteroatoms. The molecule has 1 fully saturated rings. The lowest BCUT2D eigenvalue weighted by atomic mass is 9.97. The number of methoxy groups -OCH3 is 2. The number of hydrogen-bond acceptors (Lipinski definition) is 6. The Kier molecular flexibility index (Phi) is 6.43. The van der Waals surface area contributed by atoms with E-state index < -0.39 is 0 Å². The van der Waals surface area contributed by atoms with Gasteiger partial charge >= 0.3 is 0 Å². The molecular weight excluding hydrogens is 396 g/mol. The van der Waals surface area contributed by atoms with Crippen molar-refractivity contribution in [1.82, 2.24) is 4.98 Å². The molecule has 1 saturated heterocycles. The number of nitrogens with two attached hydrogens (primary N) is 1. The molecule has 1 aromatic carbocycles. The zero-order valence-corrected chi connectivity index (χ0v) is 17.0. The molecule has 1 unspecified atom stereocenters. The van der Waals surface area contributed by atoms with E-state index in [2.05, 4.69) is 10.3 Å². The Morgan fingerprint density at radius 1 is 1.28 bits per heavy atom. The fraction of sp³-hybridized carbons (Fsp3) is 0.350. The molecule has 0 spiro atoms. The highest BCUT2D eigenvalue weighted by Gasteiger charge is 2.24.